The third-order valence-corrected chi connectivity index (χ3v) is 7.05. The van der Waals surface area contributed by atoms with Crippen LogP contribution in [-0.2, 0) is 14.6 Å². The number of carbonyl (C=O) groups is 1. The topological polar surface area (TPSA) is 63.2 Å². The maximum Gasteiger partial charge on any atom is 0.221 e. The van der Waals surface area contributed by atoms with Crippen LogP contribution in [0.25, 0.3) is 0 Å². The summed E-state index contributed by atoms with van der Waals surface area (Å²) < 4.78 is 24.3. The maximum absolute atomic E-state index is 12.2. The number of benzene rings is 1. The van der Waals surface area contributed by atoms with Crippen LogP contribution in [0, 0.1) is 0 Å². The fourth-order valence-electron chi connectivity index (χ4n) is 2.89. The number of sulfone groups is 1. The lowest BCUT2D eigenvalue weighted by Gasteiger charge is -2.16. The van der Waals surface area contributed by atoms with Gasteiger partial charge in [0.2, 0.25) is 5.91 Å². The van der Waals surface area contributed by atoms with Crippen LogP contribution in [0.5, 0.6) is 0 Å². The van der Waals surface area contributed by atoms with E-state index in [-0.39, 0.29) is 29.4 Å². The predicted molar refractivity (Wildman–Crippen MR) is 93.7 cm³/mol. The van der Waals surface area contributed by atoms with Crippen molar-refractivity contribution >= 4 is 38.9 Å². The van der Waals surface area contributed by atoms with Gasteiger partial charge in [0.05, 0.1) is 17.0 Å². The van der Waals surface area contributed by atoms with E-state index in [4.69, 9.17) is 23.2 Å². The van der Waals surface area contributed by atoms with Crippen LogP contribution in [0.4, 0.5) is 0 Å². The van der Waals surface area contributed by atoms with Crippen LogP contribution in [0.1, 0.15) is 50.6 Å². The Morgan fingerprint density at radius 2 is 1.96 bits per heavy atom. The van der Waals surface area contributed by atoms with Crippen LogP contribution in [0.15, 0.2) is 18.2 Å². The van der Waals surface area contributed by atoms with Gasteiger partial charge in [-0.05, 0) is 37.5 Å². The van der Waals surface area contributed by atoms with Crippen molar-refractivity contribution in [1.82, 2.24) is 5.32 Å². The van der Waals surface area contributed by atoms with E-state index in [2.05, 4.69) is 5.32 Å². The quantitative estimate of drug-likeness (QED) is 0.816. The Bertz CT molecular complexity index is 670. The molecular weight excluding hydrogens is 357 g/mol. The van der Waals surface area contributed by atoms with Gasteiger partial charge in [0.15, 0.2) is 9.84 Å². The molecule has 0 saturated heterocycles. The van der Waals surface area contributed by atoms with Crippen molar-refractivity contribution in [1.29, 1.82) is 0 Å². The van der Waals surface area contributed by atoms with Crippen LogP contribution >= 0.6 is 23.2 Å². The molecule has 0 radical (unpaired) electrons. The summed E-state index contributed by atoms with van der Waals surface area (Å²) in [6.07, 6.45) is 3.35. The average molecular weight is 378 g/mol. The molecule has 1 unspecified atom stereocenters. The fourth-order valence-corrected chi connectivity index (χ4v) is 5.32. The van der Waals surface area contributed by atoms with E-state index in [9.17, 15) is 13.2 Å². The first-order valence-corrected chi connectivity index (χ1v) is 10.2. The second-order valence-electron chi connectivity index (χ2n) is 5.98. The average Bonchev–Trinajstić information content (AvgIpc) is 3.00. The minimum atomic E-state index is -3.17. The van der Waals surface area contributed by atoms with Crippen molar-refractivity contribution in [2.75, 3.05) is 5.75 Å². The van der Waals surface area contributed by atoms with Crippen molar-refractivity contribution in [2.45, 2.75) is 50.3 Å². The van der Waals surface area contributed by atoms with E-state index in [1.54, 1.807) is 25.1 Å². The van der Waals surface area contributed by atoms with E-state index in [0.717, 1.165) is 31.2 Å². The van der Waals surface area contributed by atoms with Crippen LogP contribution in [0.3, 0.4) is 0 Å². The maximum atomic E-state index is 12.2. The summed E-state index contributed by atoms with van der Waals surface area (Å²) in [5.41, 5.74) is 0.753. The van der Waals surface area contributed by atoms with E-state index < -0.39 is 9.84 Å². The number of carbonyl (C=O) groups excluding carboxylic acids is 1. The highest BCUT2D eigenvalue weighted by molar-refractivity contribution is 7.92. The van der Waals surface area contributed by atoms with Gasteiger partial charge in [-0.1, -0.05) is 42.1 Å². The lowest BCUT2D eigenvalue weighted by molar-refractivity contribution is -0.121. The molecule has 1 aromatic carbocycles. The van der Waals surface area contributed by atoms with E-state index in [0.29, 0.717) is 10.0 Å². The zero-order valence-electron chi connectivity index (χ0n) is 13.0. The first-order chi connectivity index (χ1) is 10.8. The van der Waals surface area contributed by atoms with Gasteiger partial charge in [-0.3, -0.25) is 4.79 Å². The molecule has 0 aliphatic heterocycles. The molecule has 2 rings (SSSR count). The molecule has 7 heteroatoms. The number of nitrogens with one attached hydrogen (secondary N) is 1. The molecule has 4 nitrogen and oxygen atoms in total. The van der Waals surface area contributed by atoms with Gasteiger partial charge in [0.1, 0.15) is 0 Å². The second kappa shape index (κ2) is 7.86. The standard InChI is InChI=1S/C16H21Cl2NO3S/c1-11(14-7-6-12(17)10-15(14)18)19-16(20)8-9-23(21,22)13-4-2-3-5-13/h6-7,10-11,13H,2-5,8-9H2,1H3,(H,19,20). The molecule has 1 fully saturated rings. The van der Waals surface area contributed by atoms with Crippen molar-refractivity contribution in [3.63, 3.8) is 0 Å². The zero-order chi connectivity index (χ0) is 17.0. The summed E-state index contributed by atoms with van der Waals surface area (Å²) in [4.78, 5) is 12.0. The molecule has 1 atom stereocenters. The summed E-state index contributed by atoms with van der Waals surface area (Å²) in [6.45, 7) is 1.80. The highest BCUT2D eigenvalue weighted by atomic mass is 35.5. The first-order valence-electron chi connectivity index (χ1n) is 7.75. The summed E-state index contributed by atoms with van der Waals surface area (Å²) in [7, 11) is -3.17. The zero-order valence-corrected chi connectivity index (χ0v) is 15.3. The van der Waals surface area contributed by atoms with Gasteiger partial charge >= 0.3 is 0 Å². The minimum absolute atomic E-state index is 0.0195. The van der Waals surface area contributed by atoms with Gasteiger partial charge in [-0.25, -0.2) is 8.42 Å². The Balaban J connectivity index is 1.89. The third kappa shape index (κ3) is 5.10. The highest BCUT2D eigenvalue weighted by Crippen LogP contribution is 2.27. The van der Waals surface area contributed by atoms with Gasteiger partial charge in [-0.15, -0.1) is 0 Å². The molecule has 1 aliphatic rings. The molecule has 0 aromatic heterocycles. The van der Waals surface area contributed by atoms with Crippen molar-refractivity contribution in [3.8, 4) is 0 Å². The van der Waals surface area contributed by atoms with Crippen molar-refractivity contribution < 1.29 is 13.2 Å². The molecular formula is C16H21Cl2NO3S. The number of amides is 1. The van der Waals surface area contributed by atoms with Crippen molar-refractivity contribution in [3.05, 3.63) is 33.8 Å². The van der Waals surface area contributed by atoms with E-state index in [1.165, 1.54) is 0 Å². The SMILES string of the molecule is CC(NC(=O)CCS(=O)(=O)C1CCCC1)c1ccc(Cl)cc1Cl. The first kappa shape index (κ1) is 18.6. The van der Waals surface area contributed by atoms with Crippen molar-refractivity contribution in [2.24, 2.45) is 0 Å². The largest absolute Gasteiger partial charge is 0.350 e. The second-order valence-corrected chi connectivity index (χ2v) is 9.22. The Hall–Kier alpha value is -0.780. The molecule has 23 heavy (non-hydrogen) atoms. The van der Waals surface area contributed by atoms with Gasteiger partial charge < -0.3 is 5.32 Å². The molecule has 0 bridgehead atoms. The van der Waals surface area contributed by atoms with Crippen LogP contribution in [0.2, 0.25) is 10.0 Å². The molecule has 1 saturated carbocycles. The number of rotatable bonds is 6. The normalized spacial score (nSPS) is 17.2. The molecule has 1 N–H and O–H groups in total. The molecule has 1 aliphatic carbocycles. The monoisotopic (exact) mass is 377 g/mol. The molecule has 1 amide bonds. The Labute approximate surface area is 147 Å². The highest BCUT2D eigenvalue weighted by Gasteiger charge is 2.29. The molecule has 1 aromatic rings. The summed E-state index contributed by atoms with van der Waals surface area (Å²) in [5.74, 6) is -0.380. The predicted octanol–water partition coefficient (Wildman–Crippen LogP) is 3.92. The lowest BCUT2D eigenvalue weighted by Crippen LogP contribution is -2.30. The lowest BCUT2D eigenvalue weighted by atomic mass is 10.1. The number of halogens is 2. The van der Waals surface area contributed by atoms with Gasteiger partial charge in [0.25, 0.3) is 0 Å². The van der Waals surface area contributed by atoms with Gasteiger partial charge in [0, 0.05) is 16.5 Å². The Morgan fingerprint density at radius 1 is 1.30 bits per heavy atom. The fraction of sp³-hybridized carbons (Fsp3) is 0.562. The summed E-state index contributed by atoms with van der Waals surface area (Å²) >= 11 is 12.0. The third-order valence-electron chi connectivity index (χ3n) is 4.23. The van der Waals surface area contributed by atoms with Gasteiger partial charge in [-0.2, -0.15) is 0 Å². The van der Waals surface area contributed by atoms with Crippen LogP contribution < -0.4 is 5.32 Å². The van der Waals surface area contributed by atoms with E-state index in [1.807, 2.05) is 0 Å². The molecule has 0 spiro atoms. The minimum Gasteiger partial charge on any atom is -0.350 e. The summed E-state index contributed by atoms with van der Waals surface area (Å²) in [5, 5.41) is 3.53. The number of hydrogen-bond donors (Lipinski definition) is 1. The number of hydrogen-bond acceptors (Lipinski definition) is 3. The van der Waals surface area contributed by atoms with Crippen LogP contribution in [-0.4, -0.2) is 25.3 Å². The molecule has 0 heterocycles. The van der Waals surface area contributed by atoms with E-state index >= 15 is 0 Å². The Morgan fingerprint density at radius 3 is 2.57 bits per heavy atom. The molecule has 128 valence electrons. The summed E-state index contributed by atoms with van der Waals surface area (Å²) in [6, 6.07) is 4.77. The Kier molecular flexibility index (Phi) is 6.34. The smallest absolute Gasteiger partial charge is 0.221 e.